The molecule has 0 aromatic heterocycles. The zero-order chi connectivity index (χ0) is 14.3. The molecule has 1 rings (SSSR count). The molecule has 0 aliphatic heterocycles. The lowest BCUT2D eigenvalue weighted by Gasteiger charge is -2.33. The Morgan fingerprint density at radius 1 is 1.00 bits per heavy atom. The number of nitrogens with two attached hydrogens (primary N) is 1. The lowest BCUT2D eigenvalue weighted by molar-refractivity contribution is -0.184. The minimum atomic E-state index is -4.00. The van der Waals surface area contributed by atoms with E-state index in [4.69, 9.17) is 5.73 Å². The monoisotopic (exact) mass is 279 g/mol. The van der Waals surface area contributed by atoms with Gasteiger partial charge in [0.25, 0.3) is 0 Å². The van der Waals surface area contributed by atoms with Crippen molar-refractivity contribution in [3.05, 3.63) is 0 Å². The van der Waals surface area contributed by atoms with E-state index in [2.05, 4.69) is 6.92 Å². The normalized spacial score (nSPS) is 26.4. The fraction of sp³-hybridized carbons (Fsp3) is 1.00. The van der Waals surface area contributed by atoms with Gasteiger partial charge < -0.3 is 5.73 Å². The van der Waals surface area contributed by atoms with Crippen LogP contribution >= 0.6 is 0 Å². The van der Waals surface area contributed by atoms with Gasteiger partial charge in [-0.25, -0.2) is 0 Å². The summed E-state index contributed by atoms with van der Waals surface area (Å²) in [4.78, 5) is 0. The van der Waals surface area contributed by atoms with Crippen LogP contribution in [-0.4, -0.2) is 12.2 Å². The first-order valence-corrected chi connectivity index (χ1v) is 7.77. The second-order valence-electron chi connectivity index (χ2n) is 6.02. The molecule has 19 heavy (non-hydrogen) atoms. The lowest BCUT2D eigenvalue weighted by Crippen LogP contribution is -2.36. The van der Waals surface area contributed by atoms with E-state index in [-0.39, 0.29) is 18.9 Å². The highest BCUT2D eigenvalue weighted by Gasteiger charge is 2.41. The molecule has 0 spiro atoms. The average molecular weight is 279 g/mol. The minimum Gasteiger partial charge on any atom is -0.327 e. The summed E-state index contributed by atoms with van der Waals surface area (Å²) in [6, 6.07) is 0.107. The zero-order valence-electron chi connectivity index (χ0n) is 12.0. The summed E-state index contributed by atoms with van der Waals surface area (Å²) in [5, 5.41) is 0. The van der Waals surface area contributed by atoms with Crippen molar-refractivity contribution in [1.82, 2.24) is 0 Å². The molecule has 0 aromatic carbocycles. The zero-order valence-corrected chi connectivity index (χ0v) is 12.0. The first kappa shape index (κ1) is 16.8. The SMILES string of the molecule is CCCCCCCC(N)C1CCC(C(F)(F)F)CC1. The number of hydrogen-bond donors (Lipinski definition) is 1. The Balaban J connectivity index is 2.16. The van der Waals surface area contributed by atoms with Gasteiger partial charge in [-0.2, -0.15) is 13.2 Å². The van der Waals surface area contributed by atoms with E-state index in [9.17, 15) is 13.2 Å². The molecule has 0 bridgehead atoms. The summed E-state index contributed by atoms with van der Waals surface area (Å²) in [6.45, 7) is 2.19. The third-order valence-corrected chi connectivity index (χ3v) is 4.48. The predicted molar refractivity (Wildman–Crippen MR) is 72.9 cm³/mol. The van der Waals surface area contributed by atoms with Crippen molar-refractivity contribution in [2.24, 2.45) is 17.6 Å². The molecule has 114 valence electrons. The summed E-state index contributed by atoms with van der Waals surface area (Å²) >= 11 is 0. The molecule has 1 aliphatic carbocycles. The summed E-state index contributed by atoms with van der Waals surface area (Å²) in [5.41, 5.74) is 6.14. The average Bonchev–Trinajstić information content (AvgIpc) is 2.37. The van der Waals surface area contributed by atoms with E-state index in [0.29, 0.717) is 18.8 Å². The highest BCUT2D eigenvalue weighted by molar-refractivity contribution is 4.82. The van der Waals surface area contributed by atoms with Crippen molar-refractivity contribution in [3.63, 3.8) is 0 Å². The van der Waals surface area contributed by atoms with Crippen molar-refractivity contribution in [2.75, 3.05) is 0 Å². The fourth-order valence-corrected chi connectivity index (χ4v) is 3.09. The van der Waals surface area contributed by atoms with Gasteiger partial charge in [-0.05, 0) is 38.0 Å². The maximum absolute atomic E-state index is 12.6. The predicted octanol–water partition coefficient (Wildman–Crippen LogP) is 5.04. The topological polar surface area (TPSA) is 26.0 Å². The third-order valence-electron chi connectivity index (χ3n) is 4.48. The Hall–Kier alpha value is -0.250. The molecule has 1 fully saturated rings. The standard InChI is InChI=1S/C15H28F3N/c1-2-3-4-5-6-7-14(19)12-8-10-13(11-9-12)15(16,17)18/h12-14H,2-11,19H2,1H3. The van der Waals surface area contributed by atoms with E-state index in [0.717, 1.165) is 12.8 Å². The number of halogens is 3. The van der Waals surface area contributed by atoms with Crippen LogP contribution in [0, 0.1) is 11.8 Å². The Morgan fingerprint density at radius 2 is 1.58 bits per heavy atom. The van der Waals surface area contributed by atoms with Crippen LogP contribution in [0.1, 0.15) is 71.1 Å². The third kappa shape index (κ3) is 6.15. The van der Waals surface area contributed by atoms with Crippen LogP contribution < -0.4 is 5.73 Å². The van der Waals surface area contributed by atoms with Crippen molar-refractivity contribution >= 4 is 0 Å². The molecule has 0 heterocycles. The van der Waals surface area contributed by atoms with Crippen LogP contribution in [-0.2, 0) is 0 Å². The number of alkyl halides is 3. The van der Waals surface area contributed by atoms with Crippen molar-refractivity contribution in [1.29, 1.82) is 0 Å². The van der Waals surface area contributed by atoms with Gasteiger partial charge in [0.05, 0.1) is 5.92 Å². The van der Waals surface area contributed by atoms with E-state index in [1.54, 1.807) is 0 Å². The molecule has 0 saturated heterocycles. The molecule has 4 heteroatoms. The largest absolute Gasteiger partial charge is 0.391 e. The van der Waals surface area contributed by atoms with Gasteiger partial charge in [0.1, 0.15) is 0 Å². The maximum atomic E-state index is 12.6. The van der Waals surface area contributed by atoms with Gasteiger partial charge in [0, 0.05) is 6.04 Å². The van der Waals surface area contributed by atoms with E-state index < -0.39 is 12.1 Å². The minimum absolute atomic E-state index is 0.107. The summed E-state index contributed by atoms with van der Waals surface area (Å²) in [5.74, 6) is -0.773. The van der Waals surface area contributed by atoms with Crippen LogP contribution in [0.15, 0.2) is 0 Å². The molecular formula is C15H28F3N. The first-order valence-electron chi connectivity index (χ1n) is 7.77. The summed E-state index contributed by atoms with van der Waals surface area (Å²) in [7, 11) is 0. The summed E-state index contributed by atoms with van der Waals surface area (Å²) in [6.07, 6.45) is 4.92. The molecule has 1 aliphatic rings. The van der Waals surface area contributed by atoms with E-state index in [1.165, 1.54) is 25.7 Å². The second-order valence-corrected chi connectivity index (χ2v) is 6.02. The molecule has 1 unspecified atom stereocenters. The van der Waals surface area contributed by atoms with Crippen molar-refractivity contribution in [2.45, 2.75) is 83.4 Å². The maximum Gasteiger partial charge on any atom is 0.391 e. The smallest absolute Gasteiger partial charge is 0.327 e. The quantitative estimate of drug-likeness (QED) is 0.649. The Bertz CT molecular complexity index is 232. The highest BCUT2D eigenvalue weighted by atomic mass is 19.4. The second kappa shape index (κ2) is 8.13. The Kier molecular flexibility index (Phi) is 7.19. The molecule has 2 N–H and O–H groups in total. The van der Waals surface area contributed by atoms with Gasteiger partial charge in [0.15, 0.2) is 0 Å². The molecule has 1 atom stereocenters. The number of rotatable bonds is 7. The van der Waals surface area contributed by atoms with Crippen molar-refractivity contribution < 1.29 is 13.2 Å². The lowest BCUT2D eigenvalue weighted by atomic mass is 9.77. The van der Waals surface area contributed by atoms with Gasteiger partial charge >= 0.3 is 6.18 Å². The molecule has 1 nitrogen and oxygen atoms in total. The van der Waals surface area contributed by atoms with Crippen LogP contribution in [0.25, 0.3) is 0 Å². The molecule has 1 saturated carbocycles. The van der Waals surface area contributed by atoms with Gasteiger partial charge in [-0.1, -0.05) is 39.0 Å². The molecule has 0 aromatic rings. The van der Waals surface area contributed by atoms with Crippen LogP contribution in [0.2, 0.25) is 0 Å². The van der Waals surface area contributed by atoms with Crippen LogP contribution in [0.4, 0.5) is 13.2 Å². The first-order chi connectivity index (χ1) is 8.95. The van der Waals surface area contributed by atoms with E-state index in [1.807, 2.05) is 0 Å². The van der Waals surface area contributed by atoms with E-state index >= 15 is 0 Å². The molecule has 0 radical (unpaired) electrons. The van der Waals surface area contributed by atoms with Crippen LogP contribution in [0.5, 0.6) is 0 Å². The Labute approximate surface area is 115 Å². The van der Waals surface area contributed by atoms with Crippen LogP contribution in [0.3, 0.4) is 0 Å². The van der Waals surface area contributed by atoms with Gasteiger partial charge in [-0.3, -0.25) is 0 Å². The highest BCUT2D eigenvalue weighted by Crippen LogP contribution is 2.40. The van der Waals surface area contributed by atoms with Gasteiger partial charge in [0.2, 0.25) is 0 Å². The Morgan fingerprint density at radius 3 is 2.11 bits per heavy atom. The van der Waals surface area contributed by atoms with Gasteiger partial charge in [-0.15, -0.1) is 0 Å². The number of hydrogen-bond acceptors (Lipinski definition) is 1. The number of unbranched alkanes of at least 4 members (excludes halogenated alkanes) is 4. The molecule has 0 amide bonds. The summed E-state index contributed by atoms with van der Waals surface area (Å²) < 4.78 is 37.7. The fourth-order valence-electron chi connectivity index (χ4n) is 3.09. The van der Waals surface area contributed by atoms with Crippen molar-refractivity contribution in [3.8, 4) is 0 Å². The molecular weight excluding hydrogens is 251 g/mol.